The number of phenols is 1. The van der Waals surface area contributed by atoms with Crippen LogP contribution in [0.1, 0.15) is 38.3 Å². The van der Waals surface area contributed by atoms with Crippen molar-refractivity contribution in [2.24, 2.45) is 5.73 Å². The number of halogens is 1. The average molecular weight is 268 g/mol. The number of aromatic hydroxyl groups is 1. The van der Waals surface area contributed by atoms with Crippen molar-refractivity contribution in [1.29, 1.82) is 0 Å². The predicted molar refractivity (Wildman–Crippen MR) is 72.2 cm³/mol. The number of nitrogens with zero attached hydrogens (tertiary/aromatic N) is 1. The highest BCUT2D eigenvalue weighted by Crippen LogP contribution is 2.29. The van der Waals surface area contributed by atoms with Crippen LogP contribution in [-0.4, -0.2) is 29.0 Å². The lowest BCUT2D eigenvalue weighted by Gasteiger charge is -2.28. The van der Waals surface area contributed by atoms with Crippen LogP contribution < -0.4 is 5.73 Å². The molecule has 1 rings (SSSR count). The first-order valence-electron chi connectivity index (χ1n) is 6.46. The van der Waals surface area contributed by atoms with E-state index in [2.05, 4.69) is 0 Å². The maximum atomic E-state index is 13.3. The van der Waals surface area contributed by atoms with Gasteiger partial charge in [-0.05, 0) is 38.1 Å². The first kappa shape index (κ1) is 15.4. The van der Waals surface area contributed by atoms with Crippen molar-refractivity contribution in [2.75, 3.05) is 13.1 Å². The Kier molecular flexibility index (Phi) is 5.76. The number of unbranched alkanes of at least 4 members (excludes halogenated alkanes) is 1. The molecule has 1 atom stereocenters. The minimum atomic E-state index is -0.432. The number of carbonyl (C=O) groups is 1. The van der Waals surface area contributed by atoms with E-state index in [4.69, 9.17) is 5.73 Å². The minimum absolute atomic E-state index is 0.0277. The number of hydrogen-bond donors (Lipinski definition) is 2. The Morgan fingerprint density at radius 3 is 2.79 bits per heavy atom. The summed E-state index contributed by atoms with van der Waals surface area (Å²) in [5.41, 5.74) is 5.70. The zero-order valence-electron chi connectivity index (χ0n) is 11.4. The molecule has 5 heteroatoms. The van der Waals surface area contributed by atoms with E-state index in [0.29, 0.717) is 12.1 Å². The van der Waals surface area contributed by atoms with Crippen LogP contribution in [0.2, 0.25) is 0 Å². The monoisotopic (exact) mass is 268 g/mol. The second kappa shape index (κ2) is 7.09. The first-order chi connectivity index (χ1) is 8.95. The number of carbonyl (C=O) groups excluding carboxylic acids is 1. The van der Waals surface area contributed by atoms with Gasteiger partial charge >= 0.3 is 0 Å². The molecule has 0 aliphatic rings. The van der Waals surface area contributed by atoms with Crippen LogP contribution in [0.5, 0.6) is 5.75 Å². The zero-order valence-corrected chi connectivity index (χ0v) is 11.4. The van der Waals surface area contributed by atoms with Crippen LogP contribution in [0, 0.1) is 5.82 Å². The molecule has 1 amide bonds. The third-order valence-corrected chi connectivity index (χ3v) is 3.15. The van der Waals surface area contributed by atoms with Gasteiger partial charge in [0.05, 0.1) is 6.54 Å². The Morgan fingerprint density at radius 2 is 2.21 bits per heavy atom. The van der Waals surface area contributed by atoms with E-state index >= 15 is 0 Å². The van der Waals surface area contributed by atoms with E-state index in [1.165, 1.54) is 18.2 Å². The lowest BCUT2D eigenvalue weighted by atomic mass is 10.0. The van der Waals surface area contributed by atoms with Gasteiger partial charge in [-0.25, -0.2) is 4.39 Å². The van der Waals surface area contributed by atoms with Gasteiger partial charge < -0.3 is 10.8 Å². The van der Waals surface area contributed by atoms with Crippen molar-refractivity contribution in [2.45, 2.75) is 32.7 Å². The lowest BCUT2D eigenvalue weighted by Crippen LogP contribution is -2.36. The van der Waals surface area contributed by atoms with Gasteiger partial charge in [0, 0.05) is 11.6 Å². The predicted octanol–water partition coefficient (Wildman–Crippen LogP) is 2.18. The van der Waals surface area contributed by atoms with Crippen molar-refractivity contribution < 1.29 is 14.3 Å². The van der Waals surface area contributed by atoms with Crippen LogP contribution >= 0.6 is 0 Å². The number of rotatable bonds is 7. The smallest absolute Gasteiger partial charge is 0.231 e. The molecule has 0 saturated carbocycles. The van der Waals surface area contributed by atoms with E-state index in [9.17, 15) is 14.3 Å². The summed E-state index contributed by atoms with van der Waals surface area (Å²) in [5, 5.41) is 9.80. The highest BCUT2D eigenvalue weighted by Gasteiger charge is 2.20. The molecule has 0 saturated heterocycles. The Labute approximate surface area is 113 Å². The molecular weight excluding hydrogens is 247 g/mol. The normalized spacial score (nSPS) is 12.6. The molecule has 1 aromatic rings. The highest BCUT2D eigenvalue weighted by molar-refractivity contribution is 5.76. The average Bonchev–Trinajstić information content (AvgIpc) is 2.36. The molecule has 1 unspecified atom stereocenters. The summed E-state index contributed by atoms with van der Waals surface area (Å²) in [5.74, 6) is -0.812. The van der Waals surface area contributed by atoms with Crippen LogP contribution in [-0.2, 0) is 4.79 Å². The number of nitrogens with two attached hydrogens (primary N) is 1. The molecule has 1 aromatic carbocycles. The largest absolute Gasteiger partial charge is 0.508 e. The second-order valence-electron chi connectivity index (χ2n) is 4.67. The van der Waals surface area contributed by atoms with Gasteiger partial charge in [0.2, 0.25) is 5.91 Å². The summed E-state index contributed by atoms with van der Waals surface area (Å²) in [6.45, 7) is 4.65. The highest BCUT2D eigenvalue weighted by atomic mass is 19.1. The molecule has 19 heavy (non-hydrogen) atoms. The van der Waals surface area contributed by atoms with Crippen LogP contribution in [0.25, 0.3) is 0 Å². The fourth-order valence-corrected chi connectivity index (χ4v) is 2.03. The molecule has 0 heterocycles. The molecule has 0 aliphatic carbocycles. The first-order valence-corrected chi connectivity index (χ1v) is 6.46. The Balaban J connectivity index is 2.93. The van der Waals surface area contributed by atoms with Gasteiger partial charge in [0.15, 0.2) is 0 Å². The third kappa shape index (κ3) is 4.52. The van der Waals surface area contributed by atoms with Gasteiger partial charge in [-0.2, -0.15) is 0 Å². The Bertz CT molecular complexity index is 437. The van der Waals surface area contributed by atoms with Crippen LogP contribution in [0.15, 0.2) is 18.2 Å². The quantitative estimate of drug-likeness (QED) is 0.796. The zero-order chi connectivity index (χ0) is 14.4. The lowest BCUT2D eigenvalue weighted by molar-refractivity contribution is -0.119. The molecule has 0 bridgehead atoms. The maximum absolute atomic E-state index is 13.3. The number of amides is 1. The van der Waals surface area contributed by atoms with E-state index in [1.807, 2.05) is 18.7 Å². The van der Waals surface area contributed by atoms with Crippen LogP contribution in [0.3, 0.4) is 0 Å². The summed E-state index contributed by atoms with van der Waals surface area (Å²) in [7, 11) is 0. The molecule has 0 fully saturated rings. The number of benzene rings is 1. The topological polar surface area (TPSA) is 66.6 Å². The van der Waals surface area contributed by atoms with E-state index in [0.717, 1.165) is 12.8 Å². The van der Waals surface area contributed by atoms with E-state index in [-0.39, 0.29) is 18.3 Å². The van der Waals surface area contributed by atoms with Gasteiger partial charge in [-0.3, -0.25) is 9.69 Å². The summed E-state index contributed by atoms with van der Waals surface area (Å²) >= 11 is 0. The SMILES string of the molecule is CCCCN(CC(N)=O)C(C)c1cc(F)ccc1O. The van der Waals surface area contributed by atoms with Gasteiger partial charge in [0.1, 0.15) is 11.6 Å². The molecule has 106 valence electrons. The molecule has 0 radical (unpaired) electrons. The molecule has 0 aromatic heterocycles. The molecule has 4 nitrogen and oxygen atoms in total. The van der Waals surface area contributed by atoms with Crippen LogP contribution in [0.4, 0.5) is 4.39 Å². The minimum Gasteiger partial charge on any atom is -0.508 e. The van der Waals surface area contributed by atoms with E-state index in [1.54, 1.807) is 0 Å². The van der Waals surface area contributed by atoms with Crippen molar-refractivity contribution in [3.8, 4) is 5.75 Å². The van der Waals surface area contributed by atoms with Crippen molar-refractivity contribution >= 4 is 5.91 Å². The third-order valence-electron chi connectivity index (χ3n) is 3.15. The van der Waals surface area contributed by atoms with E-state index < -0.39 is 11.7 Å². The molecular formula is C14H21FN2O2. The standard InChI is InChI=1S/C14H21FN2O2/c1-3-4-7-17(9-14(16)19)10(2)12-8-11(15)5-6-13(12)18/h5-6,8,10,18H,3-4,7,9H2,1-2H3,(H2,16,19). The summed E-state index contributed by atoms with van der Waals surface area (Å²) in [6, 6.07) is 3.55. The Morgan fingerprint density at radius 1 is 1.53 bits per heavy atom. The van der Waals surface area contributed by atoms with Gasteiger partial charge in [0.25, 0.3) is 0 Å². The number of primary amides is 1. The number of hydrogen-bond acceptors (Lipinski definition) is 3. The number of phenolic OH excluding ortho intramolecular Hbond substituents is 1. The summed E-state index contributed by atoms with van der Waals surface area (Å²) < 4.78 is 13.3. The Hall–Kier alpha value is -1.62. The van der Waals surface area contributed by atoms with Crippen molar-refractivity contribution in [1.82, 2.24) is 4.90 Å². The summed E-state index contributed by atoms with van der Waals surface area (Å²) in [6.07, 6.45) is 1.89. The summed E-state index contributed by atoms with van der Waals surface area (Å²) in [4.78, 5) is 13.0. The van der Waals surface area contributed by atoms with Crippen molar-refractivity contribution in [3.05, 3.63) is 29.6 Å². The molecule has 0 spiro atoms. The maximum Gasteiger partial charge on any atom is 0.231 e. The second-order valence-corrected chi connectivity index (χ2v) is 4.67. The molecule has 3 N–H and O–H groups in total. The van der Waals surface area contributed by atoms with Gasteiger partial charge in [-0.1, -0.05) is 13.3 Å². The van der Waals surface area contributed by atoms with Gasteiger partial charge in [-0.15, -0.1) is 0 Å². The molecule has 0 aliphatic heterocycles. The van der Waals surface area contributed by atoms with Crippen molar-refractivity contribution in [3.63, 3.8) is 0 Å². The fraction of sp³-hybridized carbons (Fsp3) is 0.500. The fourth-order valence-electron chi connectivity index (χ4n) is 2.03.